The van der Waals surface area contributed by atoms with Crippen LogP contribution in [-0.2, 0) is 23.9 Å². The molecule has 1 aliphatic carbocycles. The molecular weight excluding hydrogens is 420 g/mol. The number of hydrogen-bond donors (Lipinski definition) is 1. The zero-order valence-electron chi connectivity index (χ0n) is 18.6. The number of aryl methyl sites for hydroxylation is 2. The minimum absolute atomic E-state index is 0.359. The number of amides is 3. The molecule has 170 valence electrons. The normalized spacial score (nSPS) is 20.4. The maximum absolute atomic E-state index is 13.1. The zero-order valence-corrected chi connectivity index (χ0v) is 18.6. The summed E-state index contributed by atoms with van der Waals surface area (Å²) in [5, 5.41) is 2.83. The number of nitrogens with zero attached hydrogens (tertiary/aromatic N) is 1. The van der Waals surface area contributed by atoms with E-state index in [2.05, 4.69) is 5.32 Å². The van der Waals surface area contributed by atoms with Gasteiger partial charge < -0.3 is 10.1 Å². The molecule has 2 aromatic carbocycles. The minimum atomic E-state index is -1.23. The molecule has 3 unspecified atom stereocenters. The first-order valence-electron chi connectivity index (χ1n) is 11.0. The highest BCUT2D eigenvalue weighted by Gasteiger charge is 2.48. The Kier molecular flexibility index (Phi) is 6.40. The molecular formula is C26H26N2O5. The van der Waals surface area contributed by atoms with Gasteiger partial charge in [-0.05, 0) is 43.9 Å². The number of carbonyl (C=O) groups excluding carboxylic acids is 4. The van der Waals surface area contributed by atoms with Crippen molar-refractivity contribution in [3.63, 3.8) is 0 Å². The van der Waals surface area contributed by atoms with Crippen molar-refractivity contribution < 1.29 is 23.9 Å². The maximum atomic E-state index is 13.1. The SMILES string of the molecule is Cc1ccc(C)c(NC(=O)C(OC(=O)CN2C(=O)C3CC=CCC3C2=O)c2ccccc2)c1. The van der Waals surface area contributed by atoms with E-state index < -0.39 is 36.4 Å². The number of anilines is 1. The van der Waals surface area contributed by atoms with Gasteiger partial charge in [0.1, 0.15) is 6.54 Å². The third kappa shape index (κ3) is 4.72. The topological polar surface area (TPSA) is 92.8 Å². The highest BCUT2D eigenvalue weighted by Crippen LogP contribution is 2.35. The predicted molar refractivity (Wildman–Crippen MR) is 122 cm³/mol. The third-order valence-electron chi connectivity index (χ3n) is 6.13. The summed E-state index contributed by atoms with van der Waals surface area (Å²) in [5.74, 6) is -2.89. The Bertz CT molecular complexity index is 1100. The first kappa shape index (κ1) is 22.5. The van der Waals surface area contributed by atoms with Crippen LogP contribution in [0.3, 0.4) is 0 Å². The number of likely N-dealkylation sites (tertiary alicyclic amines) is 1. The monoisotopic (exact) mass is 446 g/mol. The summed E-state index contributed by atoms with van der Waals surface area (Å²) in [4.78, 5) is 52.2. The second-order valence-electron chi connectivity index (χ2n) is 8.51. The van der Waals surface area contributed by atoms with Crippen LogP contribution in [0.15, 0.2) is 60.7 Å². The van der Waals surface area contributed by atoms with Crippen molar-refractivity contribution in [3.05, 3.63) is 77.4 Å². The zero-order chi connectivity index (χ0) is 23.5. The summed E-state index contributed by atoms with van der Waals surface area (Å²) in [7, 11) is 0. The van der Waals surface area contributed by atoms with Crippen LogP contribution < -0.4 is 5.32 Å². The van der Waals surface area contributed by atoms with E-state index in [1.54, 1.807) is 30.3 Å². The Labute approximate surface area is 192 Å². The van der Waals surface area contributed by atoms with E-state index in [0.29, 0.717) is 24.1 Å². The first-order chi connectivity index (χ1) is 15.8. The van der Waals surface area contributed by atoms with Crippen LogP contribution in [0, 0.1) is 25.7 Å². The third-order valence-corrected chi connectivity index (χ3v) is 6.13. The van der Waals surface area contributed by atoms with E-state index in [1.165, 1.54) is 0 Å². The molecule has 0 aromatic heterocycles. The summed E-state index contributed by atoms with van der Waals surface area (Å²) in [6.07, 6.45) is 3.53. The number of allylic oxidation sites excluding steroid dienone is 2. The van der Waals surface area contributed by atoms with Gasteiger partial charge >= 0.3 is 5.97 Å². The molecule has 1 heterocycles. The number of ether oxygens (including phenoxy) is 1. The number of nitrogens with one attached hydrogen (secondary N) is 1. The van der Waals surface area contributed by atoms with Gasteiger partial charge in [0.15, 0.2) is 0 Å². The van der Waals surface area contributed by atoms with Crippen molar-refractivity contribution in [2.24, 2.45) is 11.8 Å². The maximum Gasteiger partial charge on any atom is 0.327 e. The molecule has 3 atom stereocenters. The lowest BCUT2D eigenvalue weighted by Gasteiger charge is -2.21. The molecule has 3 amide bonds. The molecule has 0 radical (unpaired) electrons. The second-order valence-corrected chi connectivity index (χ2v) is 8.51. The van der Waals surface area contributed by atoms with E-state index in [9.17, 15) is 19.2 Å². The fraction of sp³-hybridized carbons (Fsp3) is 0.308. The van der Waals surface area contributed by atoms with Crippen LogP contribution >= 0.6 is 0 Å². The Hall–Kier alpha value is -3.74. The molecule has 0 spiro atoms. The van der Waals surface area contributed by atoms with Gasteiger partial charge in [-0.3, -0.25) is 24.1 Å². The van der Waals surface area contributed by atoms with Crippen LogP contribution in [0.4, 0.5) is 5.69 Å². The summed E-state index contributed by atoms with van der Waals surface area (Å²) >= 11 is 0. The Morgan fingerprint density at radius 1 is 1.00 bits per heavy atom. The largest absolute Gasteiger partial charge is 0.446 e. The van der Waals surface area contributed by atoms with Crippen molar-refractivity contribution in [2.45, 2.75) is 32.8 Å². The lowest BCUT2D eigenvalue weighted by Crippen LogP contribution is -2.38. The number of hydrogen-bond acceptors (Lipinski definition) is 5. The average Bonchev–Trinajstić information content (AvgIpc) is 3.05. The molecule has 0 saturated carbocycles. The highest BCUT2D eigenvalue weighted by atomic mass is 16.5. The fourth-order valence-electron chi connectivity index (χ4n) is 4.29. The fourth-order valence-corrected chi connectivity index (χ4v) is 4.29. The predicted octanol–water partition coefficient (Wildman–Crippen LogP) is 3.48. The van der Waals surface area contributed by atoms with Crippen LogP contribution in [0.1, 0.15) is 35.6 Å². The summed E-state index contributed by atoms with van der Waals surface area (Å²) in [5.41, 5.74) is 2.96. The number of carbonyl (C=O) groups is 4. The smallest absolute Gasteiger partial charge is 0.327 e. The molecule has 4 rings (SSSR count). The molecule has 0 bridgehead atoms. The summed E-state index contributed by atoms with van der Waals surface area (Å²) in [6.45, 7) is 3.28. The van der Waals surface area contributed by atoms with Crippen LogP contribution in [0.5, 0.6) is 0 Å². The van der Waals surface area contributed by atoms with E-state index >= 15 is 0 Å². The van der Waals surface area contributed by atoms with Gasteiger partial charge in [0.25, 0.3) is 5.91 Å². The molecule has 1 fully saturated rings. The number of benzene rings is 2. The Balaban J connectivity index is 1.50. The van der Waals surface area contributed by atoms with Gasteiger partial charge in [0.05, 0.1) is 11.8 Å². The van der Waals surface area contributed by atoms with E-state index in [1.807, 2.05) is 44.2 Å². The number of fused-ring (bicyclic) bond motifs is 1. The van der Waals surface area contributed by atoms with Gasteiger partial charge in [-0.1, -0.05) is 54.6 Å². The van der Waals surface area contributed by atoms with E-state index in [4.69, 9.17) is 4.74 Å². The van der Waals surface area contributed by atoms with Crippen LogP contribution in [0.2, 0.25) is 0 Å². The summed E-state index contributed by atoms with van der Waals surface area (Å²) < 4.78 is 5.54. The molecule has 7 nitrogen and oxygen atoms in total. The molecule has 7 heteroatoms. The number of imide groups is 1. The molecule has 2 aromatic rings. The minimum Gasteiger partial charge on any atom is -0.446 e. The molecule has 33 heavy (non-hydrogen) atoms. The quantitative estimate of drug-likeness (QED) is 0.417. The summed E-state index contributed by atoms with van der Waals surface area (Å²) in [6, 6.07) is 14.3. The molecule has 2 aliphatic rings. The lowest BCUT2D eigenvalue weighted by atomic mass is 9.85. The molecule has 1 aliphatic heterocycles. The number of rotatable bonds is 6. The molecule has 1 N–H and O–H groups in total. The average molecular weight is 447 g/mol. The number of esters is 1. The van der Waals surface area contributed by atoms with Gasteiger partial charge in [0.2, 0.25) is 17.9 Å². The van der Waals surface area contributed by atoms with Gasteiger partial charge in [-0.2, -0.15) is 0 Å². The van der Waals surface area contributed by atoms with Crippen molar-refractivity contribution >= 4 is 29.4 Å². The Morgan fingerprint density at radius 2 is 1.64 bits per heavy atom. The lowest BCUT2D eigenvalue weighted by molar-refractivity contribution is -0.159. The van der Waals surface area contributed by atoms with Crippen molar-refractivity contribution in [1.29, 1.82) is 0 Å². The van der Waals surface area contributed by atoms with E-state index in [-0.39, 0.29) is 11.8 Å². The first-order valence-corrected chi connectivity index (χ1v) is 11.0. The van der Waals surface area contributed by atoms with Crippen LogP contribution in [0.25, 0.3) is 0 Å². The van der Waals surface area contributed by atoms with Gasteiger partial charge in [-0.25, -0.2) is 0 Å². The van der Waals surface area contributed by atoms with Gasteiger partial charge in [-0.15, -0.1) is 0 Å². The second kappa shape index (κ2) is 9.40. The van der Waals surface area contributed by atoms with Crippen molar-refractivity contribution in [1.82, 2.24) is 4.90 Å². The standard InChI is InChI=1S/C26H26N2O5/c1-16-12-13-17(2)21(14-16)27-24(30)23(18-8-4-3-5-9-18)33-22(29)15-28-25(31)19-10-6-7-11-20(19)26(28)32/h3-9,12-14,19-20,23H,10-11,15H2,1-2H3,(H,27,30). The Morgan fingerprint density at radius 3 is 2.27 bits per heavy atom. The highest BCUT2D eigenvalue weighted by molar-refractivity contribution is 6.07. The van der Waals surface area contributed by atoms with E-state index in [0.717, 1.165) is 16.0 Å². The van der Waals surface area contributed by atoms with Crippen LogP contribution in [-0.4, -0.2) is 35.1 Å². The van der Waals surface area contributed by atoms with Gasteiger partial charge in [0, 0.05) is 11.3 Å². The van der Waals surface area contributed by atoms with Crippen molar-refractivity contribution in [2.75, 3.05) is 11.9 Å². The molecule has 1 saturated heterocycles. The van der Waals surface area contributed by atoms with Crippen molar-refractivity contribution in [3.8, 4) is 0 Å².